The predicted molar refractivity (Wildman–Crippen MR) is 117 cm³/mol. The molecular weight excluding hydrogens is 435 g/mol. The highest BCUT2D eigenvalue weighted by Gasteiger charge is 2.67. The Kier molecular flexibility index (Phi) is 4.52. The Morgan fingerprint density at radius 3 is 2.10 bits per heavy atom. The summed E-state index contributed by atoms with van der Waals surface area (Å²) in [7, 11) is 0. The maximum absolute atomic E-state index is 13.3. The van der Waals surface area contributed by atoms with Gasteiger partial charge >= 0.3 is 0 Å². The molecule has 5 nitrogen and oxygen atoms in total. The standard InChI is InChI=1S/C24H24Cl2N2O3/c25-18-8-3-12(9-19(18)26)27-22(29)11-1-4-13(5-2-11)28-23(30)20-14-6-7-15(17-10-16(14)17)21(20)24(28)31/h3,6-9,11,13-17,20-21H,1-2,4-5,10H2,(H,27,29)/t11?,13?,14-,15-,16-,17-,20+,21+/m0/s1. The molecule has 4 fully saturated rings. The first kappa shape index (κ1) is 19.8. The van der Waals surface area contributed by atoms with Crippen LogP contribution in [0.3, 0.4) is 0 Å². The van der Waals surface area contributed by atoms with Crippen molar-refractivity contribution in [3.63, 3.8) is 0 Å². The van der Waals surface area contributed by atoms with Crippen molar-refractivity contribution in [3.05, 3.63) is 40.4 Å². The van der Waals surface area contributed by atoms with Crippen molar-refractivity contribution in [3.8, 4) is 0 Å². The Bertz CT molecular complexity index is 980. The van der Waals surface area contributed by atoms with Crippen LogP contribution in [0.2, 0.25) is 10.0 Å². The van der Waals surface area contributed by atoms with Gasteiger partial charge in [0, 0.05) is 17.6 Å². The SMILES string of the molecule is O=C(Nc1ccc(Cl)c(Cl)c1)C1CCC(N2C(=O)[C@@H]3[C@H]4C=C[C@@H]([C@@H]5C[C@@H]45)[C@H]3C2=O)CC1. The zero-order chi connectivity index (χ0) is 21.4. The smallest absolute Gasteiger partial charge is 0.233 e. The van der Waals surface area contributed by atoms with Gasteiger partial charge < -0.3 is 5.32 Å². The van der Waals surface area contributed by atoms with Crippen LogP contribution in [-0.2, 0) is 14.4 Å². The van der Waals surface area contributed by atoms with Gasteiger partial charge in [-0.2, -0.15) is 0 Å². The summed E-state index contributed by atoms with van der Waals surface area (Å²) in [6, 6.07) is 4.96. The Morgan fingerprint density at radius 2 is 1.52 bits per heavy atom. The highest BCUT2D eigenvalue weighted by Crippen LogP contribution is 2.65. The van der Waals surface area contributed by atoms with Gasteiger partial charge in [-0.15, -0.1) is 0 Å². The van der Waals surface area contributed by atoms with E-state index >= 15 is 0 Å². The van der Waals surface area contributed by atoms with E-state index < -0.39 is 0 Å². The lowest BCUT2D eigenvalue weighted by atomic mass is 9.63. The Hall–Kier alpha value is -1.85. The van der Waals surface area contributed by atoms with Gasteiger partial charge in [0.2, 0.25) is 17.7 Å². The number of likely N-dealkylation sites (tertiary alicyclic amines) is 1. The van der Waals surface area contributed by atoms with Crippen molar-refractivity contribution in [2.24, 2.45) is 41.4 Å². The van der Waals surface area contributed by atoms with Gasteiger partial charge in [-0.1, -0.05) is 35.4 Å². The summed E-state index contributed by atoms with van der Waals surface area (Å²) in [5.41, 5.74) is 0.622. The second-order valence-electron chi connectivity index (χ2n) is 9.82. The van der Waals surface area contributed by atoms with E-state index in [2.05, 4.69) is 17.5 Å². The molecule has 0 unspecified atom stereocenters. The molecule has 7 heteroatoms. The summed E-state index contributed by atoms with van der Waals surface area (Å²) in [6.45, 7) is 0. The molecule has 0 aromatic heterocycles. The van der Waals surface area contributed by atoms with Crippen LogP contribution in [-0.4, -0.2) is 28.7 Å². The van der Waals surface area contributed by atoms with E-state index in [9.17, 15) is 14.4 Å². The van der Waals surface area contributed by atoms with Crippen LogP contribution in [0.4, 0.5) is 5.69 Å². The van der Waals surface area contributed by atoms with E-state index in [1.165, 1.54) is 6.42 Å². The van der Waals surface area contributed by atoms with Crippen molar-refractivity contribution in [1.82, 2.24) is 4.90 Å². The number of benzene rings is 1. The van der Waals surface area contributed by atoms with Gasteiger partial charge in [0.05, 0.1) is 21.9 Å². The average Bonchev–Trinajstić information content (AvgIpc) is 3.54. The predicted octanol–water partition coefficient (Wildman–Crippen LogP) is 4.54. The highest BCUT2D eigenvalue weighted by molar-refractivity contribution is 6.42. The number of allylic oxidation sites excluding steroid dienone is 2. The first-order chi connectivity index (χ1) is 14.9. The molecule has 31 heavy (non-hydrogen) atoms. The number of carbonyl (C=O) groups is 3. The molecular formula is C24H24Cl2N2O3. The van der Waals surface area contributed by atoms with Gasteiger partial charge in [-0.3, -0.25) is 19.3 Å². The van der Waals surface area contributed by atoms with Crippen LogP contribution in [0.5, 0.6) is 0 Å². The van der Waals surface area contributed by atoms with E-state index in [-0.39, 0.29) is 53.4 Å². The first-order valence-electron chi connectivity index (χ1n) is 11.2. The van der Waals surface area contributed by atoms with E-state index in [1.54, 1.807) is 23.1 Å². The summed E-state index contributed by atoms with van der Waals surface area (Å²) in [6.07, 6.45) is 8.30. The molecule has 3 saturated carbocycles. The molecule has 7 rings (SSSR count). The number of rotatable bonds is 3. The van der Waals surface area contributed by atoms with Gasteiger partial charge in [-0.05, 0) is 74.0 Å². The van der Waals surface area contributed by atoms with Crippen LogP contribution >= 0.6 is 23.2 Å². The third-order valence-electron chi connectivity index (χ3n) is 8.32. The monoisotopic (exact) mass is 458 g/mol. The number of amides is 3. The molecule has 1 heterocycles. The van der Waals surface area contributed by atoms with Crippen LogP contribution in [0.15, 0.2) is 30.4 Å². The lowest BCUT2D eigenvalue weighted by Gasteiger charge is -2.37. The zero-order valence-corrected chi connectivity index (χ0v) is 18.5. The third-order valence-corrected chi connectivity index (χ3v) is 9.06. The maximum atomic E-state index is 13.3. The number of imide groups is 1. The molecule has 5 aliphatic carbocycles. The van der Waals surface area contributed by atoms with Gasteiger partial charge in [0.1, 0.15) is 0 Å². The van der Waals surface area contributed by atoms with Crippen LogP contribution in [0, 0.1) is 41.4 Å². The third kappa shape index (κ3) is 3.00. The van der Waals surface area contributed by atoms with Crippen molar-refractivity contribution in [1.29, 1.82) is 0 Å². The van der Waals surface area contributed by atoms with Crippen LogP contribution < -0.4 is 5.32 Å². The van der Waals surface area contributed by atoms with Crippen molar-refractivity contribution < 1.29 is 14.4 Å². The minimum absolute atomic E-state index is 0.0448. The second-order valence-corrected chi connectivity index (χ2v) is 10.6. The largest absolute Gasteiger partial charge is 0.326 e. The van der Waals surface area contributed by atoms with E-state index in [1.807, 2.05) is 0 Å². The van der Waals surface area contributed by atoms with Crippen LogP contribution in [0.1, 0.15) is 32.1 Å². The summed E-state index contributed by atoms with van der Waals surface area (Å²) >= 11 is 12.0. The van der Waals surface area contributed by atoms with E-state index in [0.717, 1.165) is 0 Å². The molecule has 0 spiro atoms. The number of hydrogen-bond donors (Lipinski definition) is 1. The molecule has 1 saturated heterocycles. The normalized spacial score (nSPS) is 40.0. The summed E-state index contributed by atoms with van der Waals surface area (Å²) in [4.78, 5) is 40.9. The van der Waals surface area contributed by atoms with E-state index in [4.69, 9.17) is 23.2 Å². The van der Waals surface area contributed by atoms with Crippen molar-refractivity contribution in [2.45, 2.75) is 38.1 Å². The Labute approximate surface area is 191 Å². The molecule has 6 aliphatic rings. The van der Waals surface area contributed by atoms with Crippen LogP contribution in [0.25, 0.3) is 0 Å². The lowest BCUT2D eigenvalue weighted by Crippen LogP contribution is -2.44. The number of halogens is 2. The maximum Gasteiger partial charge on any atom is 0.233 e. The Morgan fingerprint density at radius 1 is 0.903 bits per heavy atom. The van der Waals surface area contributed by atoms with Crippen molar-refractivity contribution in [2.75, 3.05) is 5.32 Å². The fourth-order valence-corrected chi connectivity index (χ4v) is 7.05. The molecule has 1 N–H and O–H groups in total. The molecule has 3 amide bonds. The Balaban J connectivity index is 1.11. The number of hydrogen-bond acceptors (Lipinski definition) is 3. The minimum Gasteiger partial charge on any atom is -0.326 e. The fraction of sp³-hybridized carbons (Fsp3) is 0.542. The summed E-state index contributed by atoms with van der Waals surface area (Å²) in [5.74, 6) is 1.39. The van der Waals surface area contributed by atoms with E-state index in [0.29, 0.717) is 53.3 Å². The topological polar surface area (TPSA) is 66.5 Å². The summed E-state index contributed by atoms with van der Waals surface area (Å²) in [5, 5.41) is 3.76. The molecule has 0 radical (unpaired) electrons. The molecule has 162 valence electrons. The molecule has 2 bridgehead atoms. The average molecular weight is 459 g/mol. The number of nitrogens with one attached hydrogen (secondary N) is 1. The first-order valence-corrected chi connectivity index (χ1v) is 12.0. The highest BCUT2D eigenvalue weighted by atomic mass is 35.5. The van der Waals surface area contributed by atoms with Gasteiger partial charge in [-0.25, -0.2) is 0 Å². The van der Waals surface area contributed by atoms with Gasteiger partial charge in [0.25, 0.3) is 0 Å². The molecule has 1 aliphatic heterocycles. The number of nitrogens with zero attached hydrogens (tertiary/aromatic N) is 1. The lowest BCUT2D eigenvalue weighted by molar-refractivity contribution is -0.144. The van der Waals surface area contributed by atoms with Crippen molar-refractivity contribution >= 4 is 46.6 Å². The fourth-order valence-electron chi connectivity index (χ4n) is 6.75. The van der Waals surface area contributed by atoms with Gasteiger partial charge in [0.15, 0.2) is 0 Å². The quantitative estimate of drug-likeness (QED) is 0.533. The molecule has 1 aromatic rings. The summed E-state index contributed by atoms with van der Waals surface area (Å²) < 4.78 is 0. The number of carbonyl (C=O) groups excluding carboxylic acids is 3. The second kappa shape index (κ2) is 7.08. The molecule has 1 aromatic carbocycles. The minimum atomic E-state index is -0.137. The molecule has 6 atom stereocenters. The zero-order valence-electron chi connectivity index (χ0n) is 17.0. The number of anilines is 1.